The maximum Gasteiger partial charge on any atom is 0.269 e. The minimum Gasteiger partial charge on any atom is -0.370 e. The highest BCUT2D eigenvalue weighted by atomic mass is 32.2. The van der Waals surface area contributed by atoms with Crippen molar-refractivity contribution in [3.05, 3.63) is 114 Å². The molecule has 5 heterocycles. The standard InChI is InChI=1S/C31H23N5O4S2/c1-19-10-12-22(13-11-19)42(39,40)36-17-24(23-8-4-15-33-28(23)36)29-34-25(18-41-29)20-6-3-7-21(16-20)31(38)27-26(9-5-14-32-27)35(2)30(31)37/h3-18,38H,1-2H3/t31-/m1/s1. The van der Waals surface area contributed by atoms with Gasteiger partial charge in [-0.25, -0.2) is 22.4 Å². The van der Waals surface area contributed by atoms with Crippen molar-refractivity contribution in [3.63, 3.8) is 0 Å². The number of hydrogen-bond acceptors (Lipinski definition) is 8. The first-order valence-corrected chi connectivity index (χ1v) is 15.3. The number of likely N-dealkylation sites (N-methyl/N-ethyl adjacent to an activating group) is 1. The summed E-state index contributed by atoms with van der Waals surface area (Å²) in [7, 11) is -2.30. The highest BCUT2D eigenvalue weighted by molar-refractivity contribution is 7.90. The molecule has 0 bridgehead atoms. The summed E-state index contributed by atoms with van der Waals surface area (Å²) in [5, 5.41) is 14.8. The average molecular weight is 594 g/mol. The minimum absolute atomic E-state index is 0.167. The lowest BCUT2D eigenvalue weighted by molar-refractivity contribution is -0.132. The Balaban J connectivity index is 1.30. The average Bonchev–Trinajstić information content (AvgIpc) is 3.70. The molecule has 42 heavy (non-hydrogen) atoms. The van der Waals surface area contributed by atoms with Crippen molar-refractivity contribution < 1.29 is 18.3 Å². The van der Waals surface area contributed by atoms with Crippen LogP contribution in [0.5, 0.6) is 0 Å². The van der Waals surface area contributed by atoms with Gasteiger partial charge in [0.25, 0.3) is 15.9 Å². The van der Waals surface area contributed by atoms with Crippen molar-refractivity contribution in [1.82, 2.24) is 18.9 Å². The van der Waals surface area contributed by atoms with E-state index >= 15 is 0 Å². The van der Waals surface area contributed by atoms with E-state index in [1.165, 1.54) is 20.2 Å². The summed E-state index contributed by atoms with van der Waals surface area (Å²) >= 11 is 1.36. The number of carbonyl (C=O) groups is 1. The van der Waals surface area contributed by atoms with E-state index in [0.717, 1.165) is 5.56 Å². The van der Waals surface area contributed by atoms with Crippen molar-refractivity contribution >= 4 is 44.0 Å². The molecule has 1 aliphatic heterocycles. The Kier molecular flexibility index (Phi) is 5.87. The molecule has 9 nitrogen and oxygen atoms in total. The van der Waals surface area contributed by atoms with Gasteiger partial charge >= 0.3 is 0 Å². The number of thiazole rings is 1. The lowest BCUT2D eigenvalue weighted by Crippen LogP contribution is -2.39. The normalized spacial score (nSPS) is 16.7. The molecule has 0 saturated carbocycles. The van der Waals surface area contributed by atoms with E-state index in [-0.39, 0.29) is 10.6 Å². The van der Waals surface area contributed by atoms with Crippen LogP contribution in [0.25, 0.3) is 32.9 Å². The van der Waals surface area contributed by atoms with Gasteiger partial charge in [-0.1, -0.05) is 35.9 Å². The van der Waals surface area contributed by atoms with Crippen LogP contribution in [0.1, 0.15) is 16.8 Å². The van der Waals surface area contributed by atoms with Crippen LogP contribution < -0.4 is 4.90 Å². The predicted octanol–water partition coefficient (Wildman–Crippen LogP) is 4.98. The molecule has 1 aliphatic rings. The second-order valence-electron chi connectivity index (χ2n) is 10.1. The fourth-order valence-electron chi connectivity index (χ4n) is 5.30. The number of hydrogen-bond donors (Lipinski definition) is 1. The van der Waals surface area contributed by atoms with Gasteiger partial charge in [-0.05, 0) is 55.0 Å². The minimum atomic E-state index is -3.91. The van der Waals surface area contributed by atoms with E-state index in [9.17, 15) is 18.3 Å². The first-order valence-electron chi connectivity index (χ1n) is 13.0. The van der Waals surface area contributed by atoms with Crippen LogP contribution in [0, 0.1) is 6.92 Å². The molecule has 0 fully saturated rings. The van der Waals surface area contributed by atoms with Gasteiger partial charge in [0.05, 0.1) is 16.3 Å². The maximum absolute atomic E-state index is 13.6. The van der Waals surface area contributed by atoms with Crippen molar-refractivity contribution in [2.24, 2.45) is 0 Å². The van der Waals surface area contributed by atoms with Crippen LogP contribution in [-0.4, -0.2) is 45.4 Å². The number of amides is 1. The smallest absolute Gasteiger partial charge is 0.269 e. The molecule has 4 aromatic heterocycles. The number of aryl methyl sites for hydroxylation is 1. The van der Waals surface area contributed by atoms with E-state index in [2.05, 4.69) is 9.97 Å². The number of pyridine rings is 2. The number of anilines is 1. The molecular weight excluding hydrogens is 571 g/mol. The second kappa shape index (κ2) is 9.41. The van der Waals surface area contributed by atoms with Crippen LogP contribution >= 0.6 is 11.3 Å². The SMILES string of the molecule is Cc1ccc(S(=O)(=O)n2cc(-c3nc(-c4cccc([C@]5(O)C(=O)N(C)c6cccnc65)c4)cs3)c3cccnc32)cc1. The lowest BCUT2D eigenvalue weighted by Gasteiger charge is -2.22. The molecule has 0 radical (unpaired) electrons. The molecular formula is C31H23N5O4S2. The third-order valence-corrected chi connectivity index (χ3v) is 10.1. The molecule has 0 saturated heterocycles. The quantitative estimate of drug-likeness (QED) is 0.300. The predicted molar refractivity (Wildman–Crippen MR) is 161 cm³/mol. The van der Waals surface area contributed by atoms with Crippen LogP contribution in [0.3, 0.4) is 0 Å². The van der Waals surface area contributed by atoms with Crippen molar-refractivity contribution in [2.75, 3.05) is 11.9 Å². The number of aliphatic hydroxyl groups is 1. The van der Waals surface area contributed by atoms with E-state index in [4.69, 9.17) is 4.98 Å². The van der Waals surface area contributed by atoms with E-state index in [1.807, 2.05) is 24.4 Å². The first-order chi connectivity index (χ1) is 20.2. The van der Waals surface area contributed by atoms with Crippen LogP contribution in [0.15, 0.2) is 102 Å². The zero-order valence-corrected chi connectivity index (χ0v) is 24.1. The van der Waals surface area contributed by atoms with Gasteiger partial charge in [0, 0.05) is 47.5 Å². The number of fused-ring (bicyclic) bond motifs is 2. The Morgan fingerprint density at radius 1 is 0.952 bits per heavy atom. The summed E-state index contributed by atoms with van der Waals surface area (Å²) in [4.78, 5) is 28.3. The molecule has 1 atom stereocenters. The van der Waals surface area contributed by atoms with Crippen molar-refractivity contribution in [1.29, 1.82) is 0 Å². The number of carbonyl (C=O) groups excluding carboxylic acids is 1. The zero-order valence-electron chi connectivity index (χ0n) is 22.5. The molecule has 1 amide bonds. The van der Waals surface area contributed by atoms with Gasteiger partial charge in [-0.15, -0.1) is 11.3 Å². The number of nitrogens with zero attached hydrogens (tertiary/aromatic N) is 5. The summed E-state index contributed by atoms with van der Waals surface area (Å²) in [6.07, 6.45) is 4.67. The van der Waals surface area contributed by atoms with Gasteiger partial charge in [0.1, 0.15) is 10.7 Å². The molecule has 208 valence electrons. The Bertz CT molecular complexity index is 2140. The highest BCUT2D eigenvalue weighted by Gasteiger charge is 2.51. The van der Waals surface area contributed by atoms with Crippen LogP contribution in [0.4, 0.5) is 5.69 Å². The van der Waals surface area contributed by atoms with Crippen molar-refractivity contribution in [3.8, 4) is 21.8 Å². The summed E-state index contributed by atoms with van der Waals surface area (Å²) in [6.45, 7) is 1.90. The first kappa shape index (κ1) is 26.2. The monoisotopic (exact) mass is 593 g/mol. The highest BCUT2D eigenvalue weighted by Crippen LogP contribution is 2.43. The molecule has 0 unspecified atom stereocenters. The maximum atomic E-state index is 13.6. The lowest BCUT2D eigenvalue weighted by atomic mass is 9.89. The Morgan fingerprint density at radius 2 is 1.71 bits per heavy atom. The third kappa shape index (κ3) is 3.82. The van der Waals surface area contributed by atoms with Gasteiger partial charge in [-0.3, -0.25) is 9.78 Å². The Hall–Kier alpha value is -4.71. The molecule has 0 spiro atoms. The molecule has 0 aliphatic carbocycles. The van der Waals surface area contributed by atoms with Crippen LogP contribution in [0.2, 0.25) is 0 Å². The van der Waals surface area contributed by atoms with Gasteiger partial charge in [0.15, 0.2) is 5.65 Å². The number of benzene rings is 2. The van der Waals surface area contributed by atoms with Gasteiger partial charge in [0.2, 0.25) is 5.60 Å². The topological polar surface area (TPSA) is 118 Å². The van der Waals surface area contributed by atoms with Gasteiger partial charge < -0.3 is 10.0 Å². The molecule has 6 aromatic rings. The molecule has 7 rings (SSSR count). The number of aromatic nitrogens is 4. The van der Waals surface area contributed by atoms with E-state index < -0.39 is 21.5 Å². The van der Waals surface area contributed by atoms with Gasteiger partial charge in [-0.2, -0.15) is 0 Å². The zero-order chi connectivity index (χ0) is 29.2. The molecule has 2 aromatic carbocycles. The summed E-state index contributed by atoms with van der Waals surface area (Å²) in [5.41, 5.74) is 2.50. The Morgan fingerprint density at radius 3 is 2.52 bits per heavy atom. The second-order valence-corrected chi connectivity index (χ2v) is 12.8. The summed E-state index contributed by atoms with van der Waals surface area (Å²) in [6, 6.07) is 20.8. The third-order valence-electron chi connectivity index (χ3n) is 7.53. The fourth-order valence-corrected chi connectivity index (χ4v) is 7.48. The molecule has 11 heteroatoms. The van der Waals surface area contributed by atoms with Crippen molar-refractivity contribution in [2.45, 2.75) is 17.4 Å². The fraction of sp³-hybridized carbons (Fsp3) is 0.0968. The number of rotatable bonds is 5. The van der Waals surface area contributed by atoms with E-state index in [0.29, 0.717) is 44.1 Å². The summed E-state index contributed by atoms with van der Waals surface area (Å²) < 4.78 is 28.4. The van der Waals surface area contributed by atoms with Crippen LogP contribution in [-0.2, 0) is 20.4 Å². The largest absolute Gasteiger partial charge is 0.370 e. The Labute approximate surface area is 245 Å². The summed E-state index contributed by atoms with van der Waals surface area (Å²) in [5.74, 6) is -0.484. The molecule has 1 N–H and O–H groups in total. The van der Waals surface area contributed by atoms with E-state index in [1.54, 1.807) is 86.3 Å².